The lowest BCUT2D eigenvalue weighted by Crippen LogP contribution is -2.02. The summed E-state index contributed by atoms with van der Waals surface area (Å²) in [5, 5.41) is 8.86. The number of aliphatic hydroxyl groups is 1. The van der Waals surface area contributed by atoms with Crippen molar-refractivity contribution in [1.82, 2.24) is 9.55 Å². The van der Waals surface area contributed by atoms with Crippen LogP contribution in [0.5, 0.6) is 0 Å². The summed E-state index contributed by atoms with van der Waals surface area (Å²) in [4.78, 5) is 4.23. The van der Waals surface area contributed by atoms with Crippen LogP contribution in [0.3, 0.4) is 0 Å². The Morgan fingerprint density at radius 3 is 2.87 bits per heavy atom. The van der Waals surface area contributed by atoms with Gasteiger partial charge < -0.3 is 14.1 Å². The van der Waals surface area contributed by atoms with Crippen molar-refractivity contribution >= 4 is 0 Å². The van der Waals surface area contributed by atoms with Gasteiger partial charge in [-0.1, -0.05) is 6.92 Å². The summed E-state index contributed by atoms with van der Waals surface area (Å²) in [5.41, 5.74) is 0. The molecule has 2 aromatic heterocycles. The molecule has 2 aromatic rings. The highest BCUT2D eigenvalue weighted by Crippen LogP contribution is 2.10. The highest BCUT2D eigenvalue weighted by atomic mass is 16.4. The van der Waals surface area contributed by atoms with Gasteiger partial charge in [0.25, 0.3) is 0 Å². The van der Waals surface area contributed by atoms with E-state index in [0.717, 1.165) is 18.0 Å². The summed E-state index contributed by atoms with van der Waals surface area (Å²) in [6.45, 7) is 2.69. The second-order valence-electron chi connectivity index (χ2n) is 3.35. The van der Waals surface area contributed by atoms with Gasteiger partial charge in [-0.25, -0.2) is 4.98 Å². The molecule has 80 valence electrons. The molecule has 0 aliphatic rings. The first-order valence-electron chi connectivity index (χ1n) is 5.02. The lowest BCUT2D eigenvalue weighted by Gasteiger charge is -2.03. The molecule has 0 atom stereocenters. The first kappa shape index (κ1) is 9.98. The third-order valence-electron chi connectivity index (χ3n) is 2.32. The molecule has 0 aliphatic heterocycles. The fourth-order valence-corrected chi connectivity index (χ4v) is 1.56. The zero-order valence-corrected chi connectivity index (χ0v) is 8.68. The number of hydrogen-bond donors (Lipinski definition) is 1. The van der Waals surface area contributed by atoms with Gasteiger partial charge in [0.05, 0.1) is 6.54 Å². The molecule has 0 amide bonds. The molecule has 4 nitrogen and oxygen atoms in total. The third kappa shape index (κ3) is 2.10. The number of nitrogens with zero attached hydrogens (tertiary/aromatic N) is 2. The molecular weight excluding hydrogens is 192 g/mol. The van der Waals surface area contributed by atoms with Crippen LogP contribution in [0.1, 0.15) is 24.3 Å². The van der Waals surface area contributed by atoms with E-state index in [1.807, 2.05) is 16.8 Å². The second kappa shape index (κ2) is 4.31. The van der Waals surface area contributed by atoms with Crippen LogP contribution in [0, 0.1) is 0 Å². The van der Waals surface area contributed by atoms with Crippen molar-refractivity contribution in [3.63, 3.8) is 0 Å². The van der Waals surface area contributed by atoms with Gasteiger partial charge in [0.15, 0.2) is 0 Å². The highest BCUT2D eigenvalue weighted by molar-refractivity contribution is 5.08. The minimum absolute atomic E-state index is 0.0510. The quantitative estimate of drug-likeness (QED) is 0.826. The standard InChI is InChI=1S/C11H14N2O2/c1-2-11-12-5-6-13(11)7-9-3-4-10(8-14)15-9/h3-6,14H,2,7-8H2,1H3. The first-order chi connectivity index (χ1) is 7.33. The summed E-state index contributed by atoms with van der Waals surface area (Å²) in [6, 6.07) is 3.67. The normalized spacial score (nSPS) is 10.8. The van der Waals surface area contributed by atoms with Crippen LogP contribution >= 0.6 is 0 Å². The predicted octanol–water partition coefficient (Wildman–Crippen LogP) is 1.58. The molecule has 15 heavy (non-hydrogen) atoms. The van der Waals surface area contributed by atoms with Crippen molar-refractivity contribution in [2.24, 2.45) is 0 Å². The molecule has 0 saturated carbocycles. The number of hydrogen-bond acceptors (Lipinski definition) is 3. The van der Waals surface area contributed by atoms with Gasteiger partial charge in [0, 0.05) is 18.8 Å². The minimum atomic E-state index is -0.0510. The average Bonchev–Trinajstić information content (AvgIpc) is 2.87. The van der Waals surface area contributed by atoms with Crippen molar-refractivity contribution in [2.45, 2.75) is 26.5 Å². The number of rotatable bonds is 4. The molecule has 0 radical (unpaired) electrons. The Hall–Kier alpha value is -1.55. The highest BCUT2D eigenvalue weighted by Gasteiger charge is 2.04. The molecular formula is C11H14N2O2. The van der Waals surface area contributed by atoms with Gasteiger partial charge in [-0.3, -0.25) is 0 Å². The van der Waals surface area contributed by atoms with Crippen molar-refractivity contribution in [3.05, 3.63) is 41.9 Å². The van der Waals surface area contributed by atoms with Gasteiger partial charge in [-0.05, 0) is 12.1 Å². The largest absolute Gasteiger partial charge is 0.462 e. The minimum Gasteiger partial charge on any atom is -0.462 e. The Kier molecular flexibility index (Phi) is 2.87. The lowest BCUT2D eigenvalue weighted by atomic mass is 10.4. The number of aromatic nitrogens is 2. The molecule has 0 aromatic carbocycles. The SMILES string of the molecule is CCc1nccn1Cc1ccc(CO)o1. The topological polar surface area (TPSA) is 51.2 Å². The van der Waals surface area contributed by atoms with Crippen LogP contribution in [-0.4, -0.2) is 14.7 Å². The number of aliphatic hydroxyl groups excluding tert-OH is 1. The maximum absolute atomic E-state index is 8.86. The predicted molar refractivity (Wildman–Crippen MR) is 55.3 cm³/mol. The smallest absolute Gasteiger partial charge is 0.129 e. The zero-order chi connectivity index (χ0) is 10.7. The number of aryl methyl sites for hydroxylation is 1. The van der Waals surface area contributed by atoms with E-state index in [-0.39, 0.29) is 6.61 Å². The monoisotopic (exact) mass is 206 g/mol. The van der Waals surface area contributed by atoms with E-state index in [0.29, 0.717) is 12.3 Å². The van der Waals surface area contributed by atoms with Crippen molar-refractivity contribution in [1.29, 1.82) is 0 Å². The maximum atomic E-state index is 8.86. The Balaban J connectivity index is 2.14. The van der Waals surface area contributed by atoms with Crippen LogP contribution < -0.4 is 0 Å². The van der Waals surface area contributed by atoms with Crippen LogP contribution in [0.25, 0.3) is 0 Å². The molecule has 0 saturated heterocycles. The van der Waals surface area contributed by atoms with Gasteiger partial charge in [-0.2, -0.15) is 0 Å². The molecule has 0 bridgehead atoms. The van der Waals surface area contributed by atoms with E-state index >= 15 is 0 Å². The average molecular weight is 206 g/mol. The summed E-state index contributed by atoms with van der Waals surface area (Å²) in [7, 11) is 0. The summed E-state index contributed by atoms with van der Waals surface area (Å²) in [6.07, 6.45) is 4.62. The van der Waals surface area contributed by atoms with E-state index < -0.39 is 0 Å². The van der Waals surface area contributed by atoms with Gasteiger partial charge >= 0.3 is 0 Å². The molecule has 2 rings (SSSR count). The van der Waals surface area contributed by atoms with E-state index in [9.17, 15) is 0 Å². The maximum Gasteiger partial charge on any atom is 0.129 e. The Morgan fingerprint density at radius 1 is 1.40 bits per heavy atom. The molecule has 4 heteroatoms. The van der Waals surface area contributed by atoms with Gasteiger partial charge in [-0.15, -0.1) is 0 Å². The third-order valence-corrected chi connectivity index (χ3v) is 2.32. The molecule has 0 aliphatic carbocycles. The van der Waals surface area contributed by atoms with Crippen molar-refractivity contribution < 1.29 is 9.52 Å². The molecule has 1 N–H and O–H groups in total. The van der Waals surface area contributed by atoms with Crippen molar-refractivity contribution in [2.75, 3.05) is 0 Å². The lowest BCUT2D eigenvalue weighted by molar-refractivity contribution is 0.243. The zero-order valence-electron chi connectivity index (χ0n) is 8.68. The Bertz CT molecular complexity index is 431. The van der Waals surface area contributed by atoms with Crippen LogP contribution in [0.15, 0.2) is 28.9 Å². The molecule has 2 heterocycles. The van der Waals surface area contributed by atoms with Gasteiger partial charge in [0.1, 0.15) is 24.0 Å². The van der Waals surface area contributed by atoms with E-state index in [4.69, 9.17) is 9.52 Å². The van der Waals surface area contributed by atoms with E-state index in [1.165, 1.54) is 0 Å². The van der Waals surface area contributed by atoms with E-state index in [2.05, 4.69) is 11.9 Å². The van der Waals surface area contributed by atoms with Crippen LogP contribution in [0.4, 0.5) is 0 Å². The summed E-state index contributed by atoms with van der Waals surface area (Å²) >= 11 is 0. The number of furan rings is 1. The van der Waals surface area contributed by atoms with Crippen LogP contribution in [0.2, 0.25) is 0 Å². The Labute approximate surface area is 88.2 Å². The summed E-state index contributed by atoms with van der Waals surface area (Å²) in [5.74, 6) is 2.48. The fourth-order valence-electron chi connectivity index (χ4n) is 1.56. The Morgan fingerprint density at radius 2 is 2.20 bits per heavy atom. The molecule has 0 unspecified atom stereocenters. The van der Waals surface area contributed by atoms with Crippen molar-refractivity contribution in [3.8, 4) is 0 Å². The van der Waals surface area contributed by atoms with Crippen LogP contribution in [-0.2, 0) is 19.6 Å². The first-order valence-corrected chi connectivity index (χ1v) is 5.02. The van der Waals surface area contributed by atoms with E-state index in [1.54, 1.807) is 12.3 Å². The second-order valence-corrected chi connectivity index (χ2v) is 3.35. The van der Waals surface area contributed by atoms with Gasteiger partial charge in [0.2, 0.25) is 0 Å². The number of imidazole rings is 1. The summed E-state index contributed by atoms with van der Waals surface area (Å²) < 4.78 is 7.45. The fraction of sp³-hybridized carbons (Fsp3) is 0.364. The molecule has 0 fully saturated rings. The molecule has 0 spiro atoms.